The fraction of sp³-hybridized carbons (Fsp3) is 0.182. The van der Waals surface area contributed by atoms with Gasteiger partial charge in [-0.05, 0) is 49.4 Å². The van der Waals surface area contributed by atoms with Crippen LogP contribution in [0.3, 0.4) is 0 Å². The van der Waals surface area contributed by atoms with Gasteiger partial charge >= 0.3 is 6.18 Å². The van der Waals surface area contributed by atoms with Crippen molar-refractivity contribution < 1.29 is 22.4 Å². The summed E-state index contributed by atoms with van der Waals surface area (Å²) in [7, 11) is 0. The number of nitrogens with one attached hydrogen (secondary N) is 1. The number of fused-ring (bicyclic) bond motifs is 1. The Hall–Kier alpha value is -4.02. The number of carbonyl (C=O) groups is 1. The predicted molar refractivity (Wildman–Crippen MR) is 113 cm³/mol. The SMILES string of the molecule is Cc1nc2c(cnn2-c2ccc(F)cc2)c(=O)n1CCC(=O)Nc1cccc(C(F)(F)F)c1. The van der Waals surface area contributed by atoms with Gasteiger partial charge in [-0.2, -0.15) is 18.3 Å². The van der Waals surface area contributed by atoms with E-state index in [9.17, 15) is 27.2 Å². The third-order valence-electron chi connectivity index (χ3n) is 4.99. The van der Waals surface area contributed by atoms with Gasteiger partial charge in [-0.1, -0.05) is 6.07 Å². The Morgan fingerprint density at radius 3 is 2.55 bits per heavy atom. The second-order valence-corrected chi connectivity index (χ2v) is 7.26. The maximum absolute atomic E-state index is 13.2. The van der Waals surface area contributed by atoms with E-state index in [4.69, 9.17) is 0 Å². The summed E-state index contributed by atoms with van der Waals surface area (Å²) in [6, 6.07) is 9.83. The number of hydrogen-bond acceptors (Lipinski definition) is 4. The Morgan fingerprint density at radius 2 is 1.85 bits per heavy atom. The van der Waals surface area contributed by atoms with Crippen LogP contribution in [0.15, 0.2) is 59.5 Å². The molecule has 4 rings (SSSR count). The normalized spacial score (nSPS) is 11.7. The zero-order valence-electron chi connectivity index (χ0n) is 17.2. The number of hydrogen-bond donors (Lipinski definition) is 1. The molecule has 0 spiro atoms. The first-order chi connectivity index (χ1) is 15.6. The highest BCUT2D eigenvalue weighted by Gasteiger charge is 2.30. The summed E-state index contributed by atoms with van der Waals surface area (Å²) < 4.78 is 54.4. The summed E-state index contributed by atoms with van der Waals surface area (Å²) in [6.45, 7) is 1.56. The number of rotatable bonds is 5. The molecular weight excluding hydrogens is 442 g/mol. The monoisotopic (exact) mass is 459 g/mol. The Bertz CT molecular complexity index is 1390. The van der Waals surface area contributed by atoms with Gasteiger partial charge in [0.15, 0.2) is 5.65 Å². The van der Waals surface area contributed by atoms with Crippen molar-refractivity contribution in [2.75, 3.05) is 5.32 Å². The van der Waals surface area contributed by atoms with E-state index in [0.717, 1.165) is 12.1 Å². The lowest BCUT2D eigenvalue weighted by Gasteiger charge is -2.12. The summed E-state index contributed by atoms with van der Waals surface area (Å²) in [4.78, 5) is 29.6. The molecule has 0 bridgehead atoms. The maximum Gasteiger partial charge on any atom is 0.416 e. The molecule has 1 amide bonds. The number of anilines is 1. The lowest BCUT2D eigenvalue weighted by atomic mass is 10.2. The number of nitrogens with zero attached hydrogens (tertiary/aromatic N) is 4. The Morgan fingerprint density at radius 1 is 1.12 bits per heavy atom. The minimum absolute atomic E-state index is 0.00745. The van der Waals surface area contributed by atoms with Crippen molar-refractivity contribution in [3.63, 3.8) is 0 Å². The Balaban J connectivity index is 1.53. The minimum Gasteiger partial charge on any atom is -0.326 e. The van der Waals surface area contributed by atoms with Gasteiger partial charge in [-0.15, -0.1) is 0 Å². The molecule has 0 aliphatic heterocycles. The summed E-state index contributed by atoms with van der Waals surface area (Å²) in [5.74, 6) is -0.643. The number of amides is 1. The molecule has 2 heterocycles. The molecule has 170 valence electrons. The number of alkyl halides is 3. The molecule has 4 aromatic rings. The van der Waals surface area contributed by atoms with Crippen molar-refractivity contribution in [1.29, 1.82) is 0 Å². The second-order valence-electron chi connectivity index (χ2n) is 7.26. The molecule has 1 N–H and O–H groups in total. The highest BCUT2D eigenvalue weighted by molar-refractivity contribution is 5.90. The number of carbonyl (C=O) groups excluding carboxylic acids is 1. The molecule has 0 aliphatic rings. The average Bonchev–Trinajstić information content (AvgIpc) is 3.17. The van der Waals surface area contributed by atoms with Crippen molar-refractivity contribution in [2.45, 2.75) is 26.1 Å². The first-order valence-electron chi connectivity index (χ1n) is 9.82. The van der Waals surface area contributed by atoms with Crippen LogP contribution >= 0.6 is 0 Å². The van der Waals surface area contributed by atoms with Gasteiger partial charge in [-0.3, -0.25) is 14.2 Å². The van der Waals surface area contributed by atoms with Crippen LogP contribution in [0.4, 0.5) is 23.2 Å². The summed E-state index contributed by atoms with van der Waals surface area (Å²) >= 11 is 0. The first-order valence-corrected chi connectivity index (χ1v) is 9.82. The Labute approximate surface area is 184 Å². The van der Waals surface area contributed by atoms with E-state index in [1.54, 1.807) is 6.92 Å². The highest BCUT2D eigenvalue weighted by Crippen LogP contribution is 2.30. The third-order valence-corrected chi connectivity index (χ3v) is 4.99. The molecule has 11 heteroatoms. The van der Waals surface area contributed by atoms with Gasteiger partial charge in [0.1, 0.15) is 17.0 Å². The van der Waals surface area contributed by atoms with Crippen molar-refractivity contribution >= 4 is 22.6 Å². The lowest BCUT2D eigenvalue weighted by Crippen LogP contribution is -2.26. The van der Waals surface area contributed by atoms with Crippen molar-refractivity contribution in [3.8, 4) is 5.69 Å². The van der Waals surface area contributed by atoms with E-state index in [1.165, 1.54) is 51.8 Å². The molecule has 0 aliphatic carbocycles. The zero-order valence-corrected chi connectivity index (χ0v) is 17.2. The number of aromatic nitrogens is 4. The lowest BCUT2D eigenvalue weighted by molar-refractivity contribution is -0.137. The van der Waals surface area contributed by atoms with Gasteiger partial charge in [0, 0.05) is 18.7 Å². The van der Waals surface area contributed by atoms with Crippen LogP contribution in [0.5, 0.6) is 0 Å². The topological polar surface area (TPSA) is 81.8 Å². The number of halogens is 4. The van der Waals surface area contributed by atoms with Gasteiger partial charge in [-0.25, -0.2) is 14.1 Å². The van der Waals surface area contributed by atoms with E-state index in [1.807, 2.05) is 0 Å². The predicted octanol–water partition coefficient (Wildman–Crippen LogP) is 4.08. The van der Waals surface area contributed by atoms with Gasteiger partial charge in [0.2, 0.25) is 5.91 Å². The zero-order chi connectivity index (χ0) is 23.8. The largest absolute Gasteiger partial charge is 0.416 e. The van der Waals surface area contributed by atoms with E-state index in [0.29, 0.717) is 11.5 Å². The van der Waals surface area contributed by atoms with Gasteiger partial charge in [0.25, 0.3) is 5.56 Å². The van der Waals surface area contributed by atoms with Crippen molar-refractivity contribution in [1.82, 2.24) is 19.3 Å². The minimum atomic E-state index is -4.52. The summed E-state index contributed by atoms with van der Waals surface area (Å²) in [6.07, 6.45) is -3.34. The standard InChI is InChI=1S/C22H17F4N5O2/c1-13-28-20-18(12-27-31(20)17-7-5-15(23)6-8-17)21(33)30(13)10-9-19(32)29-16-4-2-3-14(11-16)22(24,25)26/h2-8,11-12H,9-10H2,1H3,(H,29,32). The van der Waals surface area contributed by atoms with Crippen LogP contribution < -0.4 is 10.9 Å². The molecule has 0 radical (unpaired) electrons. The molecule has 33 heavy (non-hydrogen) atoms. The number of benzene rings is 2. The van der Waals surface area contributed by atoms with E-state index >= 15 is 0 Å². The fourth-order valence-electron chi connectivity index (χ4n) is 3.35. The van der Waals surface area contributed by atoms with Crippen LogP contribution in [-0.2, 0) is 17.5 Å². The molecule has 2 aromatic heterocycles. The van der Waals surface area contributed by atoms with Crippen molar-refractivity contribution in [3.05, 3.63) is 82.3 Å². The molecule has 0 atom stereocenters. The van der Waals surface area contributed by atoms with Crippen LogP contribution in [0.25, 0.3) is 16.7 Å². The highest BCUT2D eigenvalue weighted by atomic mass is 19.4. The van der Waals surface area contributed by atoms with Gasteiger partial charge < -0.3 is 5.32 Å². The van der Waals surface area contributed by atoms with Gasteiger partial charge in [0.05, 0.1) is 17.4 Å². The quantitative estimate of drug-likeness (QED) is 0.456. The van der Waals surface area contributed by atoms with E-state index in [2.05, 4.69) is 15.4 Å². The van der Waals surface area contributed by atoms with E-state index < -0.39 is 29.0 Å². The van der Waals surface area contributed by atoms with E-state index in [-0.39, 0.29) is 29.7 Å². The molecule has 0 fully saturated rings. The maximum atomic E-state index is 13.2. The van der Waals surface area contributed by atoms with Crippen LogP contribution in [0.2, 0.25) is 0 Å². The molecular formula is C22H17F4N5O2. The molecule has 2 aromatic carbocycles. The van der Waals surface area contributed by atoms with Crippen molar-refractivity contribution in [2.24, 2.45) is 0 Å². The second kappa shape index (κ2) is 8.49. The Kier molecular flexibility index (Phi) is 5.71. The molecule has 0 saturated carbocycles. The number of aryl methyl sites for hydroxylation is 1. The summed E-state index contributed by atoms with van der Waals surface area (Å²) in [5.41, 5.74) is -0.476. The van der Waals surface area contributed by atoms with Crippen LogP contribution in [0, 0.1) is 12.7 Å². The fourth-order valence-corrected chi connectivity index (χ4v) is 3.35. The molecule has 0 saturated heterocycles. The van der Waals surface area contributed by atoms with Crippen LogP contribution in [-0.4, -0.2) is 25.2 Å². The third kappa shape index (κ3) is 4.61. The molecule has 0 unspecified atom stereocenters. The smallest absolute Gasteiger partial charge is 0.326 e. The summed E-state index contributed by atoms with van der Waals surface area (Å²) in [5, 5.41) is 6.79. The van der Waals surface area contributed by atoms with Crippen LogP contribution in [0.1, 0.15) is 17.8 Å². The molecule has 7 nitrogen and oxygen atoms in total. The first kappa shape index (κ1) is 22.2. The average molecular weight is 459 g/mol.